The second kappa shape index (κ2) is 5.87. The number of benzene rings is 1. The quantitative estimate of drug-likeness (QED) is 0.880. The molecule has 2 rings (SSSR count). The third-order valence-corrected chi connectivity index (χ3v) is 3.40. The lowest BCUT2D eigenvalue weighted by molar-refractivity contribution is -0.123. The van der Waals surface area contributed by atoms with E-state index >= 15 is 0 Å². The van der Waals surface area contributed by atoms with Crippen molar-refractivity contribution in [2.45, 2.75) is 13.3 Å². The summed E-state index contributed by atoms with van der Waals surface area (Å²) in [5, 5.41) is 5.91. The molecule has 1 heterocycles. The SMILES string of the molecule is CC1(C(=O)Nc2ccc(Cl)c(F)c2)CCNC1.Cl. The van der Waals surface area contributed by atoms with E-state index in [0.29, 0.717) is 12.2 Å². The summed E-state index contributed by atoms with van der Waals surface area (Å²) in [5.74, 6) is -0.622. The van der Waals surface area contributed by atoms with Crippen molar-refractivity contribution in [3.63, 3.8) is 0 Å². The maximum Gasteiger partial charge on any atom is 0.231 e. The predicted molar refractivity (Wildman–Crippen MR) is 72.9 cm³/mol. The Labute approximate surface area is 116 Å². The van der Waals surface area contributed by atoms with E-state index in [1.807, 2.05) is 6.92 Å². The first-order valence-corrected chi connectivity index (χ1v) is 5.86. The molecule has 3 nitrogen and oxygen atoms in total. The minimum absolute atomic E-state index is 0. The van der Waals surface area contributed by atoms with Gasteiger partial charge in [-0.2, -0.15) is 0 Å². The van der Waals surface area contributed by atoms with Crippen molar-refractivity contribution < 1.29 is 9.18 Å². The Bertz CT molecular complexity index is 448. The monoisotopic (exact) mass is 292 g/mol. The Hall–Kier alpha value is -0.840. The number of amides is 1. The van der Waals surface area contributed by atoms with Crippen LogP contribution in [0.3, 0.4) is 0 Å². The van der Waals surface area contributed by atoms with Gasteiger partial charge < -0.3 is 10.6 Å². The van der Waals surface area contributed by atoms with E-state index in [-0.39, 0.29) is 23.3 Å². The van der Waals surface area contributed by atoms with Gasteiger partial charge in [0.25, 0.3) is 0 Å². The van der Waals surface area contributed by atoms with Gasteiger partial charge in [0.05, 0.1) is 10.4 Å². The highest BCUT2D eigenvalue weighted by Gasteiger charge is 2.36. The summed E-state index contributed by atoms with van der Waals surface area (Å²) in [6, 6.07) is 4.25. The summed E-state index contributed by atoms with van der Waals surface area (Å²) in [6.07, 6.45) is 0.787. The van der Waals surface area contributed by atoms with Crippen LogP contribution in [0.2, 0.25) is 5.02 Å². The second-order valence-electron chi connectivity index (χ2n) is 4.57. The van der Waals surface area contributed by atoms with Crippen LogP contribution in [0.25, 0.3) is 0 Å². The van der Waals surface area contributed by atoms with E-state index in [2.05, 4.69) is 10.6 Å². The molecule has 1 saturated heterocycles. The van der Waals surface area contributed by atoms with Gasteiger partial charge in [0.2, 0.25) is 5.91 Å². The Morgan fingerprint density at radius 3 is 2.83 bits per heavy atom. The number of hydrogen-bond acceptors (Lipinski definition) is 2. The summed E-state index contributed by atoms with van der Waals surface area (Å²) in [6.45, 7) is 3.38. The second-order valence-corrected chi connectivity index (χ2v) is 4.98. The van der Waals surface area contributed by atoms with Crippen LogP contribution in [-0.2, 0) is 4.79 Å². The molecule has 1 unspecified atom stereocenters. The zero-order valence-corrected chi connectivity index (χ0v) is 11.5. The van der Waals surface area contributed by atoms with Crippen molar-refractivity contribution in [1.82, 2.24) is 5.32 Å². The molecule has 1 aliphatic rings. The molecule has 1 aromatic carbocycles. The van der Waals surface area contributed by atoms with Crippen LogP contribution in [-0.4, -0.2) is 19.0 Å². The van der Waals surface area contributed by atoms with Crippen LogP contribution < -0.4 is 10.6 Å². The highest BCUT2D eigenvalue weighted by atomic mass is 35.5. The fourth-order valence-electron chi connectivity index (χ4n) is 1.87. The van der Waals surface area contributed by atoms with Gasteiger partial charge in [-0.05, 0) is 38.1 Å². The highest BCUT2D eigenvalue weighted by molar-refractivity contribution is 6.30. The van der Waals surface area contributed by atoms with Gasteiger partial charge >= 0.3 is 0 Å². The smallest absolute Gasteiger partial charge is 0.231 e. The average molecular weight is 293 g/mol. The van der Waals surface area contributed by atoms with Crippen LogP contribution in [0.15, 0.2) is 18.2 Å². The van der Waals surface area contributed by atoms with Crippen LogP contribution in [0, 0.1) is 11.2 Å². The highest BCUT2D eigenvalue weighted by Crippen LogP contribution is 2.27. The summed E-state index contributed by atoms with van der Waals surface area (Å²) < 4.78 is 13.2. The zero-order chi connectivity index (χ0) is 12.5. The van der Waals surface area contributed by atoms with Crippen molar-refractivity contribution >= 4 is 35.6 Å². The summed E-state index contributed by atoms with van der Waals surface area (Å²) in [7, 11) is 0. The van der Waals surface area contributed by atoms with Crippen molar-refractivity contribution in [3.8, 4) is 0 Å². The Kier molecular flexibility index (Phi) is 4.96. The third-order valence-electron chi connectivity index (χ3n) is 3.09. The Balaban J connectivity index is 0.00000162. The number of rotatable bonds is 2. The Morgan fingerprint density at radius 2 is 2.28 bits per heavy atom. The molecule has 0 saturated carbocycles. The van der Waals surface area contributed by atoms with E-state index in [0.717, 1.165) is 13.0 Å². The third kappa shape index (κ3) is 3.13. The van der Waals surface area contributed by atoms with E-state index < -0.39 is 11.2 Å². The Morgan fingerprint density at radius 1 is 1.56 bits per heavy atom. The van der Waals surface area contributed by atoms with Gasteiger partial charge in [-0.15, -0.1) is 12.4 Å². The molecule has 0 spiro atoms. The molecule has 0 bridgehead atoms. The first-order valence-electron chi connectivity index (χ1n) is 5.48. The predicted octanol–water partition coefficient (Wildman–Crippen LogP) is 2.84. The molecule has 18 heavy (non-hydrogen) atoms. The molecule has 1 aromatic rings. The first kappa shape index (κ1) is 15.2. The molecule has 0 radical (unpaired) electrons. The molecule has 2 N–H and O–H groups in total. The molecular formula is C12H15Cl2FN2O. The molecule has 1 amide bonds. The first-order chi connectivity index (χ1) is 8.01. The van der Waals surface area contributed by atoms with Crippen LogP contribution in [0.5, 0.6) is 0 Å². The van der Waals surface area contributed by atoms with Gasteiger partial charge in [-0.3, -0.25) is 4.79 Å². The molecule has 6 heteroatoms. The topological polar surface area (TPSA) is 41.1 Å². The fourth-order valence-corrected chi connectivity index (χ4v) is 1.98. The number of hydrogen-bond donors (Lipinski definition) is 2. The fraction of sp³-hybridized carbons (Fsp3) is 0.417. The molecule has 1 fully saturated rings. The minimum atomic E-state index is -0.529. The summed E-state index contributed by atoms with van der Waals surface area (Å²) >= 11 is 5.57. The van der Waals surface area contributed by atoms with Crippen LogP contribution in [0.1, 0.15) is 13.3 Å². The number of anilines is 1. The van der Waals surface area contributed by atoms with E-state index in [1.165, 1.54) is 12.1 Å². The maximum atomic E-state index is 13.2. The van der Waals surface area contributed by atoms with Gasteiger partial charge in [0, 0.05) is 12.2 Å². The molecule has 0 aliphatic carbocycles. The van der Waals surface area contributed by atoms with Gasteiger partial charge in [0.15, 0.2) is 0 Å². The van der Waals surface area contributed by atoms with Crippen molar-refractivity contribution in [2.24, 2.45) is 5.41 Å². The molecule has 0 aromatic heterocycles. The summed E-state index contributed by atoms with van der Waals surface area (Å²) in [4.78, 5) is 12.0. The summed E-state index contributed by atoms with van der Waals surface area (Å²) in [5.41, 5.74) is 0.0147. The molecular weight excluding hydrogens is 278 g/mol. The number of carbonyl (C=O) groups is 1. The van der Waals surface area contributed by atoms with Crippen LogP contribution in [0.4, 0.5) is 10.1 Å². The number of nitrogens with one attached hydrogen (secondary N) is 2. The molecule has 1 aliphatic heterocycles. The van der Waals surface area contributed by atoms with E-state index in [1.54, 1.807) is 6.07 Å². The lowest BCUT2D eigenvalue weighted by atomic mass is 9.89. The van der Waals surface area contributed by atoms with Crippen molar-refractivity contribution in [1.29, 1.82) is 0 Å². The number of halogens is 3. The lowest BCUT2D eigenvalue weighted by Crippen LogP contribution is -2.35. The van der Waals surface area contributed by atoms with Crippen LogP contribution >= 0.6 is 24.0 Å². The van der Waals surface area contributed by atoms with Gasteiger partial charge in [0.1, 0.15) is 5.82 Å². The number of carbonyl (C=O) groups excluding carboxylic acids is 1. The molecule has 100 valence electrons. The largest absolute Gasteiger partial charge is 0.325 e. The normalized spacial score (nSPS) is 22.4. The van der Waals surface area contributed by atoms with E-state index in [4.69, 9.17) is 11.6 Å². The standard InChI is InChI=1S/C12H14ClFN2O.ClH/c1-12(4-5-15-7-12)11(17)16-8-2-3-9(13)10(14)6-8;/h2-3,6,15H,4-5,7H2,1H3,(H,16,17);1H. The zero-order valence-electron chi connectivity index (χ0n) is 9.93. The van der Waals surface area contributed by atoms with Crippen molar-refractivity contribution in [3.05, 3.63) is 29.0 Å². The maximum absolute atomic E-state index is 13.2. The van der Waals surface area contributed by atoms with Gasteiger partial charge in [-0.25, -0.2) is 4.39 Å². The van der Waals surface area contributed by atoms with E-state index in [9.17, 15) is 9.18 Å². The minimum Gasteiger partial charge on any atom is -0.325 e. The molecule has 1 atom stereocenters. The lowest BCUT2D eigenvalue weighted by Gasteiger charge is -2.21. The van der Waals surface area contributed by atoms with Gasteiger partial charge in [-0.1, -0.05) is 11.6 Å². The van der Waals surface area contributed by atoms with Crippen molar-refractivity contribution in [2.75, 3.05) is 18.4 Å². The average Bonchev–Trinajstić information content (AvgIpc) is 2.72.